The number of piperazine rings is 1. The van der Waals surface area contributed by atoms with Gasteiger partial charge in [-0.2, -0.15) is 0 Å². The first-order chi connectivity index (χ1) is 6.15. The summed E-state index contributed by atoms with van der Waals surface area (Å²) < 4.78 is 0. The van der Waals surface area contributed by atoms with Crippen LogP contribution in [-0.2, 0) is 4.79 Å². The number of amides is 1. The molecule has 74 valence electrons. The first kappa shape index (κ1) is 10.3. The zero-order chi connectivity index (χ0) is 9.84. The minimum Gasteiger partial charge on any atom is -0.337 e. The normalized spacial score (nSPS) is 28.6. The van der Waals surface area contributed by atoms with Gasteiger partial charge in [-0.05, 0) is 13.8 Å². The van der Waals surface area contributed by atoms with Crippen LogP contribution in [0.3, 0.4) is 0 Å². The van der Waals surface area contributed by atoms with Gasteiger partial charge in [-0.25, -0.2) is 0 Å². The Labute approximate surface area is 79.8 Å². The maximum atomic E-state index is 11.6. The predicted octanol–water partition coefficient (Wildman–Crippen LogP) is 0.771. The van der Waals surface area contributed by atoms with Gasteiger partial charge in [-0.15, -0.1) is 6.58 Å². The van der Waals surface area contributed by atoms with Crippen LogP contribution in [0.1, 0.15) is 20.3 Å². The molecule has 0 bridgehead atoms. The van der Waals surface area contributed by atoms with Crippen molar-refractivity contribution in [3.8, 4) is 0 Å². The lowest BCUT2D eigenvalue weighted by Crippen LogP contribution is -2.56. The van der Waals surface area contributed by atoms with Crippen molar-refractivity contribution in [2.45, 2.75) is 32.4 Å². The average molecular weight is 182 g/mol. The second-order valence-corrected chi connectivity index (χ2v) is 3.70. The highest BCUT2D eigenvalue weighted by atomic mass is 16.2. The van der Waals surface area contributed by atoms with Crippen molar-refractivity contribution < 1.29 is 4.79 Å². The molecule has 3 nitrogen and oxygen atoms in total. The van der Waals surface area contributed by atoms with E-state index in [1.807, 2.05) is 4.90 Å². The van der Waals surface area contributed by atoms with E-state index in [-0.39, 0.29) is 5.91 Å². The minimum atomic E-state index is 0.191. The third-order valence-electron chi connectivity index (χ3n) is 2.40. The maximum absolute atomic E-state index is 11.6. The Morgan fingerprint density at radius 3 is 3.00 bits per heavy atom. The van der Waals surface area contributed by atoms with E-state index in [0.29, 0.717) is 18.5 Å². The lowest BCUT2D eigenvalue weighted by Gasteiger charge is -2.37. The molecule has 1 saturated heterocycles. The highest BCUT2D eigenvalue weighted by Gasteiger charge is 2.25. The SMILES string of the molecule is C=CCC(=O)N1CC(C)NCC1C. The summed E-state index contributed by atoms with van der Waals surface area (Å²) in [5.41, 5.74) is 0. The zero-order valence-corrected chi connectivity index (χ0v) is 8.42. The molecule has 0 radical (unpaired) electrons. The maximum Gasteiger partial charge on any atom is 0.226 e. The molecule has 1 N–H and O–H groups in total. The fourth-order valence-corrected chi connectivity index (χ4v) is 1.61. The molecule has 1 fully saturated rings. The van der Waals surface area contributed by atoms with Gasteiger partial charge in [0.15, 0.2) is 0 Å². The Kier molecular flexibility index (Phi) is 3.48. The monoisotopic (exact) mass is 182 g/mol. The van der Waals surface area contributed by atoms with E-state index in [0.717, 1.165) is 13.1 Å². The lowest BCUT2D eigenvalue weighted by molar-refractivity contribution is -0.133. The fraction of sp³-hybridized carbons (Fsp3) is 0.700. The standard InChI is InChI=1S/C10H18N2O/c1-4-5-10(13)12-7-8(2)11-6-9(12)3/h4,8-9,11H,1,5-7H2,2-3H3. The summed E-state index contributed by atoms with van der Waals surface area (Å²) in [5.74, 6) is 0.191. The Morgan fingerprint density at radius 2 is 2.38 bits per heavy atom. The van der Waals surface area contributed by atoms with Crippen molar-refractivity contribution in [3.05, 3.63) is 12.7 Å². The van der Waals surface area contributed by atoms with Crippen LogP contribution in [0.25, 0.3) is 0 Å². The molecule has 0 aromatic carbocycles. The van der Waals surface area contributed by atoms with E-state index in [4.69, 9.17) is 0 Å². The van der Waals surface area contributed by atoms with Crippen LogP contribution >= 0.6 is 0 Å². The van der Waals surface area contributed by atoms with Crippen molar-refractivity contribution in [2.75, 3.05) is 13.1 Å². The topological polar surface area (TPSA) is 32.3 Å². The number of hydrogen-bond donors (Lipinski definition) is 1. The van der Waals surface area contributed by atoms with Crippen LogP contribution in [0.2, 0.25) is 0 Å². The highest BCUT2D eigenvalue weighted by Crippen LogP contribution is 2.08. The number of carbonyl (C=O) groups excluding carboxylic acids is 1. The van der Waals surface area contributed by atoms with Gasteiger partial charge in [0, 0.05) is 31.6 Å². The van der Waals surface area contributed by atoms with Crippen molar-refractivity contribution in [1.29, 1.82) is 0 Å². The summed E-state index contributed by atoms with van der Waals surface area (Å²) in [4.78, 5) is 13.5. The van der Waals surface area contributed by atoms with Gasteiger partial charge >= 0.3 is 0 Å². The van der Waals surface area contributed by atoms with E-state index in [1.165, 1.54) is 0 Å². The first-order valence-electron chi connectivity index (χ1n) is 4.79. The van der Waals surface area contributed by atoms with Crippen molar-refractivity contribution in [2.24, 2.45) is 0 Å². The summed E-state index contributed by atoms with van der Waals surface area (Å²) in [6, 6.07) is 0.716. The van der Waals surface area contributed by atoms with E-state index < -0.39 is 0 Å². The third kappa shape index (κ3) is 2.56. The van der Waals surface area contributed by atoms with Crippen LogP contribution in [-0.4, -0.2) is 36.0 Å². The average Bonchev–Trinajstić information content (AvgIpc) is 2.09. The second-order valence-electron chi connectivity index (χ2n) is 3.70. The van der Waals surface area contributed by atoms with Crippen LogP contribution in [0.15, 0.2) is 12.7 Å². The molecule has 1 amide bonds. The molecule has 2 unspecified atom stereocenters. The molecular weight excluding hydrogens is 164 g/mol. The van der Waals surface area contributed by atoms with Gasteiger partial charge in [0.25, 0.3) is 0 Å². The van der Waals surface area contributed by atoms with Crippen molar-refractivity contribution in [1.82, 2.24) is 10.2 Å². The highest BCUT2D eigenvalue weighted by molar-refractivity contribution is 5.78. The molecule has 0 aromatic heterocycles. The van der Waals surface area contributed by atoms with Crippen LogP contribution in [0, 0.1) is 0 Å². The number of hydrogen-bond acceptors (Lipinski definition) is 2. The largest absolute Gasteiger partial charge is 0.337 e. The molecule has 1 heterocycles. The molecule has 1 rings (SSSR count). The quantitative estimate of drug-likeness (QED) is 0.640. The van der Waals surface area contributed by atoms with Gasteiger partial charge in [0.05, 0.1) is 0 Å². The molecule has 1 aliphatic rings. The summed E-state index contributed by atoms with van der Waals surface area (Å²) in [7, 11) is 0. The molecule has 2 atom stereocenters. The second kappa shape index (κ2) is 4.42. The van der Waals surface area contributed by atoms with E-state index in [9.17, 15) is 4.79 Å². The van der Waals surface area contributed by atoms with Gasteiger partial charge in [-0.1, -0.05) is 6.08 Å². The van der Waals surface area contributed by atoms with Crippen molar-refractivity contribution >= 4 is 5.91 Å². The van der Waals surface area contributed by atoms with Gasteiger partial charge in [0.2, 0.25) is 5.91 Å². The first-order valence-corrected chi connectivity index (χ1v) is 4.79. The van der Waals surface area contributed by atoms with Crippen LogP contribution < -0.4 is 5.32 Å². The van der Waals surface area contributed by atoms with E-state index in [2.05, 4.69) is 25.7 Å². The molecule has 1 aliphatic heterocycles. The Hall–Kier alpha value is -0.830. The van der Waals surface area contributed by atoms with Crippen molar-refractivity contribution in [3.63, 3.8) is 0 Å². The zero-order valence-electron chi connectivity index (χ0n) is 8.42. The summed E-state index contributed by atoms with van der Waals surface area (Å²) >= 11 is 0. The van der Waals surface area contributed by atoms with Crippen LogP contribution in [0.5, 0.6) is 0 Å². The summed E-state index contributed by atoms with van der Waals surface area (Å²) in [6.07, 6.45) is 2.12. The molecular formula is C10H18N2O. The molecule has 0 spiro atoms. The lowest BCUT2D eigenvalue weighted by atomic mass is 10.1. The fourth-order valence-electron chi connectivity index (χ4n) is 1.61. The number of nitrogens with zero attached hydrogens (tertiary/aromatic N) is 1. The minimum absolute atomic E-state index is 0.191. The molecule has 0 saturated carbocycles. The smallest absolute Gasteiger partial charge is 0.226 e. The molecule has 3 heteroatoms. The van der Waals surface area contributed by atoms with Gasteiger partial charge < -0.3 is 10.2 Å². The van der Waals surface area contributed by atoms with E-state index >= 15 is 0 Å². The predicted molar refractivity (Wildman–Crippen MR) is 53.5 cm³/mol. The van der Waals surface area contributed by atoms with Crippen LogP contribution in [0.4, 0.5) is 0 Å². The Morgan fingerprint density at radius 1 is 1.69 bits per heavy atom. The van der Waals surface area contributed by atoms with Gasteiger partial charge in [0.1, 0.15) is 0 Å². The molecule has 0 aromatic rings. The summed E-state index contributed by atoms with van der Waals surface area (Å²) in [6.45, 7) is 9.45. The Balaban J connectivity index is 2.54. The Bertz CT molecular complexity index is 203. The number of nitrogens with one attached hydrogen (secondary N) is 1. The number of rotatable bonds is 2. The third-order valence-corrected chi connectivity index (χ3v) is 2.40. The number of carbonyl (C=O) groups is 1. The summed E-state index contributed by atoms with van der Waals surface area (Å²) in [5, 5.41) is 3.34. The molecule has 13 heavy (non-hydrogen) atoms. The van der Waals surface area contributed by atoms with E-state index in [1.54, 1.807) is 6.08 Å². The molecule has 0 aliphatic carbocycles. The van der Waals surface area contributed by atoms with Gasteiger partial charge in [-0.3, -0.25) is 4.79 Å².